The number of benzene rings is 4. The van der Waals surface area contributed by atoms with Crippen molar-refractivity contribution in [1.82, 2.24) is 9.88 Å². The van der Waals surface area contributed by atoms with E-state index in [0.29, 0.717) is 22.4 Å². The monoisotopic (exact) mass is 517 g/mol. The highest BCUT2D eigenvalue weighted by Crippen LogP contribution is 2.32. The van der Waals surface area contributed by atoms with Crippen LogP contribution in [0.5, 0.6) is 5.88 Å². The van der Waals surface area contributed by atoms with Gasteiger partial charge >= 0.3 is 5.97 Å². The summed E-state index contributed by atoms with van der Waals surface area (Å²) in [5.74, 6) is -0.444. The fourth-order valence-electron chi connectivity index (χ4n) is 4.71. The van der Waals surface area contributed by atoms with Crippen molar-refractivity contribution in [3.05, 3.63) is 131 Å². The number of ether oxygens (including phenoxy) is 1. The van der Waals surface area contributed by atoms with E-state index in [1.165, 1.54) is 18.2 Å². The Morgan fingerprint density at radius 3 is 2.13 bits per heavy atom. The van der Waals surface area contributed by atoms with Gasteiger partial charge in [-0.25, -0.2) is 9.79 Å². The SMILES string of the molecule is CCN(Cc1ccccc1)Cc1ccc(N=C(c2ccccc2)c2c(O)[nH]c3cc(C(=O)OC)ccc23)cc1. The summed E-state index contributed by atoms with van der Waals surface area (Å²) in [4.78, 5) is 22.4. The van der Waals surface area contributed by atoms with Crippen molar-refractivity contribution in [3.63, 3.8) is 0 Å². The maximum absolute atomic E-state index is 12.0. The number of aliphatic imine (C=N–C) groups is 1. The second-order valence-corrected chi connectivity index (χ2v) is 9.38. The number of hydrogen-bond donors (Lipinski definition) is 2. The molecule has 6 heteroatoms. The lowest BCUT2D eigenvalue weighted by molar-refractivity contribution is 0.0601. The molecule has 4 aromatic carbocycles. The predicted octanol–water partition coefficient (Wildman–Crippen LogP) is 6.85. The van der Waals surface area contributed by atoms with Crippen molar-refractivity contribution in [2.24, 2.45) is 4.99 Å². The predicted molar refractivity (Wildman–Crippen MR) is 156 cm³/mol. The van der Waals surface area contributed by atoms with E-state index in [9.17, 15) is 9.90 Å². The number of aromatic nitrogens is 1. The Morgan fingerprint density at radius 2 is 1.49 bits per heavy atom. The van der Waals surface area contributed by atoms with Gasteiger partial charge < -0.3 is 14.8 Å². The Balaban J connectivity index is 1.47. The molecule has 5 rings (SSSR count). The van der Waals surface area contributed by atoms with E-state index < -0.39 is 5.97 Å². The van der Waals surface area contributed by atoms with Crippen molar-refractivity contribution in [2.75, 3.05) is 13.7 Å². The fourth-order valence-corrected chi connectivity index (χ4v) is 4.71. The Kier molecular flexibility index (Phi) is 7.85. The first-order chi connectivity index (χ1) is 19.1. The number of esters is 1. The summed E-state index contributed by atoms with van der Waals surface area (Å²) in [6.45, 7) is 4.86. The molecule has 39 heavy (non-hydrogen) atoms. The van der Waals surface area contributed by atoms with E-state index in [1.807, 2.05) is 48.5 Å². The van der Waals surface area contributed by atoms with Crippen LogP contribution in [0.25, 0.3) is 10.9 Å². The summed E-state index contributed by atoms with van der Waals surface area (Å²) >= 11 is 0. The van der Waals surface area contributed by atoms with Gasteiger partial charge in [0.15, 0.2) is 5.88 Å². The minimum atomic E-state index is -0.435. The zero-order valence-electron chi connectivity index (χ0n) is 22.1. The van der Waals surface area contributed by atoms with Gasteiger partial charge in [0.25, 0.3) is 0 Å². The first-order valence-electron chi connectivity index (χ1n) is 13.0. The average Bonchev–Trinajstić information content (AvgIpc) is 3.31. The smallest absolute Gasteiger partial charge is 0.337 e. The highest BCUT2D eigenvalue weighted by molar-refractivity contribution is 6.22. The van der Waals surface area contributed by atoms with Gasteiger partial charge in [0.2, 0.25) is 0 Å². The molecule has 2 N–H and O–H groups in total. The van der Waals surface area contributed by atoms with E-state index in [-0.39, 0.29) is 5.88 Å². The van der Waals surface area contributed by atoms with Crippen molar-refractivity contribution >= 4 is 28.3 Å². The van der Waals surface area contributed by atoms with Crippen LogP contribution in [0.2, 0.25) is 0 Å². The average molecular weight is 518 g/mol. The highest BCUT2D eigenvalue weighted by Gasteiger charge is 2.20. The van der Waals surface area contributed by atoms with E-state index in [4.69, 9.17) is 9.73 Å². The third-order valence-corrected chi connectivity index (χ3v) is 6.76. The molecule has 5 aromatic rings. The molecule has 0 saturated heterocycles. The molecule has 1 aromatic heterocycles. The zero-order chi connectivity index (χ0) is 27.2. The second kappa shape index (κ2) is 11.8. The highest BCUT2D eigenvalue weighted by atomic mass is 16.5. The molecule has 0 bridgehead atoms. The van der Waals surface area contributed by atoms with Crippen LogP contribution in [-0.2, 0) is 17.8 Å². The number of methoxy groups -OCH3 is 1. The van der Waals surface area contributed by atoms with Crippen molar-refractivity contribution in [1.29, 1.82) is 0 Å². The van der Waals surface area contributed by atoms with E-state index >= 15 is 0 Å². The number of nitrogens with zero attached hydrogens (tertiary/aromatic N) is 2. The third kappa shape index (κ3) is 5.92. The quantitative estimate of drug-likeness (QED) is 0.166. The number of fused-ring (bicyclic) bond motifs is 1. The maximum atomic E-state index is 12.0. The third-order valence-electron chi connectivity index (χ3n) is 6.76. The minimum Gasteiger partial charge on any atom is -0.494 e. The Bertz CT molecular complexity index is 1590. The summed E-state index contributed by atoms with van der Waals surface area (Å²) in [5, 5.41) is 11.7. The molecule has 6 nitrogen and oxygen atoms in total. The largest absolute Gasteiger partial charge is 0.494 e. The van der Waals surface area contributed by atoms with Gasteiger partial charge in [-0.3, -0.25) is 4.90 Å². The number of aromatic hydroxyl groups is 1. The molecule has 0 aliphatic carbocycles. The number of carbonyl (C=O) groups is 1. The maximum Gasteiger partial charge on any atom is 0.337 e. The van der Waals surface area contributed by atoms with Gasteiger partial charge in [-0.2, -0.15) is 0 Å². The van der Waals surface area contributed by atoms with Crippen molar-refractivity contribution in [3.8, 4) is 5.88 Å². The van der Waals surface area contributed by atoms with Crippen LogP contribution in [0.1, 0.15) is 39.5 Å². The summed E-state index contributed by atoms with van der Waals surface area (Å²) in [6.07, 6.45) is 0. The van der Waals surface area contributed by atoms with E-state index in [0.717, 1.165) is 36.3 Å². The number of rotatable bonds is 9. The lowest BCUT2D eigenvalue weighted by Crippen LogP contribution is -2.22. The summed E-state index contributed by atoms with van der Waals surface area (Å²) in [6, 6.07) is 33.7. The molecule has 0 atom stereocenters. The van der Waals surface area contributed by atoms with Crippen molar-refractivity contribution < 1.29 is 14.6 Å². The molecule has 0 unspecified atom stereocenters. The molecule has 0 saturated carbocycles. The molecule has 0 aliphatic heterocycles. The molecular formula is C33H31N3O3. The lowest BCUT2D eigenvalue weighted by Gasteiger charge is -2.20. The van der Waals surface area contributed by atoms with Crippen LogP contribution in [0.3, 0.4) is 0 Å². The first kappa shape index (κ1) is 25.9. The van der Waals surface area contributed by atoms with Gasteiger partial charge in [0.1, 0.15) is 0 Å². The van der Waals surface area contributed by atoms with Crippen LogP contribution in [-0.4, -0.2) is 40.3 Å². The number of hydrogen-bond acceptors (Lipinski definition) is 5. The standard InChI is InChI=1S/C33H31N3O3/c1-3-36(21-23-10-6-4-7-11-23)22-24-14-17-27(18-15-24)34-31(25-12-8-5-9-13-25)30-28-19-16-26(33(38)39-2)20-29(28)35-32(30)37/h4-20,35,37H,3,21-22H2,1-2H3. The zero-order valence-corrected chi connectivity index (χ0v) is 22.1. The Labute approximate surface area is 228 Å². The molecule has 0 fully saturated rings. The van der Waals surface area contributed by atoms with Gasteiger partial charge in [0, 0.05) is 29.6 Å². The van der Waals surface area contributed by atoms with Gasteiger partial charge in [-0.05, 0) is 41.9 Å². The number of nitrogens with one attached hydrogen (secondary N) is 1. The minimum absolute atomic E-state index is 0.00858. The topological polar surface area (TPSA) is 77.9 Å². The summed E-state index contributed by atoms with van der Waals surface area (Å²) in [5.41, 5.74) is 6.40. The van der Waals surface area contributed by atoms with Crippen LogP contribution in [0.4, 0.5) is 5.69 Å². The van der Waals surface area contributed by atoms with E-state index in [2.05, 4.69) is 53.2 Å². The molecule has 196 valence electrons. The van der Waals surface area contributed by atoms with E-state index in [1.54, 1.807) is 18.2 Å². The summed E-state index contributed by atoms with van der Waals surface area (Å²) < 4.78 is 4.85. The van der Waals surface area contributed by atoms with Gasteiger partial charge in [-0.15, -0.1) is 0 Å². The van der Waals surface area contributed by atoms with Crippen LogP contribution >= 0.6 is 0 Å². The molecule has 1 heterocycles. The number of aromatic amines is 1. The molecule has 0 aliphatic rings. The Morgan fingerprint density at radius 1 is 0.846 bits per heavy atom. The van der Waals surface area contributed by atoms with Gasteiger partial charge in [-0.1, -0.05) is 85.8 Å². The van der Waals surface area contributed by atoms with Crippen LogP contribution in [0, 0.1) is 0 Å². The lowest BCUT2D eigenvalue weighted by atomic mass is 10.00. The molecule has 0 amide bonds. The Hall–Kier alpha value is -4.68. The molecular weight excluding hydrogens is 486 g/mol. The fraction of sp³-hybridized carbons (Fsp3) is 0.152. The number of carbonyl (C=O) groups excluding carboxylic acids is 1. The molecule has 0 radical (unpaired) electrons. The van der Waals surface area contributed by atoms with Crippen LogP contribution < -0.4 is 0 Å². The first-order valence-corrected chi connectivity index (χ1v) is 13.0. The normalized spacial score (nSPS) is 11.7. The molecule has 0 spiro atoms. The number of H-pyrrole nitrogens is 1. The van der Waals surface area contributed by atoms with Crippen molar-refractivity contribution in [2.45, 2.75) is 20.0 Å². The van der Waals surface area contributed by atoms with Crippen LogP contribution in [0.15, 0.2) is 108 Å². The second-order valence-electron chi connectivity index (χ2n) is 9.38. The van der Waals surface area contributed by atoms with Gasteiger partial charge in [0.05, 0.1) is 29.6 Å². The summed E-state index contributed by atoms with van der Waals surface area (Å²) in [7, 11) is 1.35.